The van der Waals surface area contributed by atoms with Crippen molar-refractivity contribution >= 4 is 27.3 Å². The highest BCUT2D eigenvalue weighted by Crippen LogP contribution is 2.29. The highest BCUT2D eigenvalue weighted by Gasteiger charge is 2.26. The zero-order chi connectivity index (χ0) is 22.8. The second-order valence-corrected chi connectivity index (χ2v) is 10.6. The van der Waals surface area contributed by atoms with Crippen molar-refractivity contribution in [3.8, 4) is 0 Å². The van der Waals surface area contributed by atoms with E-state index < -0.39 is 27.3 Å². The van der Waals surface area contributed by atoms with Crippen molar-refractivity contribution in [3.63, 3.8) is 0 Å². The average molecular weight is 452 g/mol. The number of furan rings is 1. The van der Waals surface area contributed by atoms with Crippen LogP contribution in [0, 0.1) is 5.82 Å². The molecule has 170 valence electrons. The quantitative estimate of drug-likeness (QED) is 0.674. The monoisotopic (exact) mass is 451 g/mol. The Kier molecular flexibility index (Phi) is 6.76. The number of carbonyl (C=O) groups excluding carboxylic acids is 1. The fourth-order valence-corrected chi connectivity index (χ4v) is 5.12. The first kappa shape index (κ1) is 23.3. The number of carbonyl (C=O) groups is 1. The molecule has 0 atom stereocenters. The van der Waals surface area contributed by atoms with E-state index in [0.717, 1.165) is 25.7 Å². The molecular formula is C22H30FN3O4S. The summed E-state index contributed by atoms with van der Waals surface area (Å²) in [6.45, 7) is 5.10. The van der Waals surface area contributed by atoms with Gasteiger partial charge in [-0.25, -0.2) is 17.5 Å². The Bertz CT molecular complexity index is 1040. The Hall–Kier alpha value is -2.39. The van der Waals surface area contributed by atoms with E-state index in [1.54, 1.807) is 32.9 Å². The van der Waals surface area contributed by atoms with Gasteiger partial charge < -0.3 is 14.6 Å². The van der Waals surface area contributed by atoms with Crippen LogP contribution in [0.4, 0.5) is 15.8 Å². The van der Waals surface area contributed by atoms with Crippen molar-refractivity contribution < 1.29 is 22.0 Å². The van der Waals surface area contributed by atoms with Crippen molar-refractivity contribution in [2.45, 2.75) is 69.5 Å². The summed E-state index contributed by atoms with van der Waals surface area (Å²) < 4.78 is 47.1. The van der Waals surface area contributed by atoms with Crippen molar-refractivity contribution in [2.24, 2.45) is 0 Å². The van der Waals surface area contributed by atoms with Gasteiger partial charge in [0.25, 0.3) is 15.9 Å². The van der Waals surface area contributed by atoms with Gasteiger partial charge in [-0.2, -0.15) is 0 Å². The third kappa shape index (κ3) is 5.86. The molecule has 0 unspecified atom stereocenters. The molecule has 7 nitrogen and oxygen atoms in total. The molecule has 2 N–H and O–H groups in total. The third-order valence-corrected chi connectivity index (χ3v) is 6.85. The molecule has 2 aromatic rings. The molecule has 1 aliphatic carbocycles. The molecule has 0 aliphatic heterocycles. The lowest BCUT2D eigenvalue weighted by molar-refractivity contribution is 0.0991. The molecule has 1 saturated carbocycles. The number of halogens is 1. The molecule has 1 aliphatic rings. The first-order valence-electron chi connectivity index (χ1n) is 10.4. The summed E-state index contributed by atoms with van der Waals surface area (Å²) >= 11 is 0. The lowest BCUT2D eigenvalue weighted by Crippen LogP contribution is -2.40. The van der Waals surface area contributed by atoms with Gasteiger partial charge in [0.1, 0.15) is 5.82 Å². The van der Waals surface area contributed by atoms with Crippen LogP contribution in [0.1, 0.15) is 63.4 Å². The van der Waals surface area contributed by atoms with Crippen LogP contribution in [0.3, 0.4) is 0 Å². The predicted molar refractivity (Wildman–Crippen MR) is 118 cm³/mol. The number of hydrogen-bond acceptors (Lipinski definition) is 5. The number of rotatable bonds is 6. The maximum Gasteiger partial charge on any atom is 0.291 e. The molecule has 1 aromatic carbocycles. The Balaban J connectivity index is 1.70. The van der Waals surface area contributed by atoms with Crippen LogP contribution < -0.4 is 14.9 Å². The zero-order valence-corrected chi connectivity index (χ0v) is 19.2. The van der Waals surface area contributed by atoms with Crippen LogP contribution in [-0.4, -0.2) is 33.0 Å². The van der Waals surface area contributed by atoms with Crippen LogP contribution in [0.2, 0.25) is 0 Å². The molecule has 0 spiro atoms. The summed E-state index contributed by atoms with van der Waals surface area (Å²) in [5.41, 5.74) is 0.0550. The number of amides is 1. The standard InChI is InChI=1S/C22H30FN3O4S/c1-22(2,3)25-31(28,29)20-13-12-19(30-20)21(27)24-15-10-11-18(17(23)14-15)26(4)16-8-6-5-7-9-16/h10-14,16,25H,5-9H2,1-4H3,(H,24,27). The number of nitrogens with zero attached hydrogens (tertiary/aromatic N) is 1. The maximum absolute atomic E-state index is 14.7. The van der Waals surface area contributed by atoms with Gasteiger partial charge in [-0.1, -0.05) is 19.3 Å². The van der Waals surface area contributed by atoms with Gasteiger partial charge in [0.2, 0.25) is 5.09 Å². The highest BCUT2D eigenvalue weighted by atomic mass is 32.2. The van der Waals surface area contributed by atoms with E-state index in [-0.39, 0.29) is 16.5 Å². The second-order valence-electron chi connectivity index (χ2n) is 9.00. The smallest absolute Gasteiger partial charge is 0.291 e. The van der Waals surface area contributed by atoms with E-state index in [9.17, 15) is 17.6 Å². The number of benzene rings is 1. The largest absolute Gasteiger partial charge is 0.438 e. The number of anilines is 2. The minimum atomic E-state index is -3.90. The van der Waals surface area contributed by atoms with Gasteiger partial charge in [-0.3, -0.25) is 4.79 Å². The van der Waals surface area contributed by atoms with E-state index in [2.05, 4.69) is 10.0 Å². The van der Waals surface area contributed by atoms with E-state index >= 15 is 0 Å². The molecule has 3 rings (SSSR count). The first-order valence-corrected chi connectivity index (χ1v) is 11.9. The lowest BCUT2D eigenvalue weighted by atomic mass is 9.94. The maximum atomic E-state index is 14.7. The Morgan fingerprint density at radius 3 is 2.42 bits per heavy atom. The molecule has 9 heteroatoms. The second kappa shape index (κ2) is 9.00. The molecule has 0 radical (unpaired) electrons. The molecule has 0 saturated heterocycles. The number of nitrogens with one attached hydrogen (secondary N) is 2. The molecule has 31 heavy (non-hydrogen) atoms. The Morgan fingerprint density at radius 2 is 1.81 bits per heavy atom. The summed E-state index contributed by atoms with van der Waals surface area (Å²) in [5.74, 6) is -1.27. The summed E-state index contributed by atoms with van der Waals surface area (Å²) in [6.07, 6.45) is 5.61. The van der Waals surface area contributed by atoms with Crippen LogP contribution in [-0.2, 0) is 10.0 Å². The molecule has 0 bridgehead atoms. The van der Waals surface area contributed by atoms with Crippen LogP contribution >= 0.6 is 0 Å². The summed E-state index contributed by atoms with van der Waals surface area (Å²) in [5, 5.41) is 2.19. The van der Waals surface area contributed by atoms with Gasteiger partial charge in [-0.15, -0.1) is 0 Å². The van der Waals surface area contributed by atoms with Gasteiger partial charge in [0.15, 0.2) is 5.76 Å². The summed E-state index contributed by atoms with van der Waals surface area (Å²) in [6, 6.07) is 7.32. The minimum Gasteiger partial charge on any atom is -0.438 e. The fraction of sp³-hybridized carbons (Fsp3) is 0.500. The predicted octanol–water partition coefficient (Wildman–Crippen LogP) is 4.52. The molecule has 1 amide bonds. The van der Waals surface area contributed by atoms with E-state index in [1.807, 2.05) is 11.9 Å². The number of hydrogen-bond donors (Lipinski definition) is 2. The Labute approximate surface area is 183 Å². The van der Waals surface area contributed by atoms with Crippen molar-refractivity contribution in [3.05, 3.63) is 41.9 Å². The van der Waals surface area contributed by atoms with Crippen LogP contribution in [0.25, 0.3) is 0 Å². The normalized spacial score (nSPS) is 15.6. The first-order chi connectivity index (χ1) is 14.5. The highest BCUT2D eigenvalue weighted by molar-refractivity contribution is 7.89. The van der Waals surface area contributed by atoms with Gasteiger partial charge in [0.05, 0.1) is 5.69 Å². The van der Waals surface area contributed by atoms with E-state index in [0.29, 0.717) is 11.7 Å². The van der Waals surface area contributed by atoms with Gasteiger partial charge in [-0.05, 0) is 63.9 Å². The van der Waals surface area contributed by atoms with Crippen LogP contribution in [0.5, 0.6) is 0 Å². The van der Waals surface area contributed by atoms with Crippen molar-refractivity contribution in [1.29, 1.82) is 0 Å². The fourth-order valence-electron chi connectivity index (χ4n) is 3.77. The van der Waals surface area contributed by atoms with Crippen molar-refractivity contribution in [2.75, 3.05) is 17.3 Å². The number of sulfonamides is 1. The molecule has 1 heterocycles. The van der Waals surface area contributed by atoms with Gasteiger partial charge in [0, 0.05) is 24.3 Å². The SMILES string of the molecule is CN(c1ccc(NC(=O)c2ccc(S(=O)(=O)NC(C)(C)C)o2)cc1F)C1CCCCC1. The molecular weight excluding hydrogens is 421 g/mol. The van der Waals surface area contributed by atoms with Gasteiger partial charge >= 0.3 is 0 Å². The van der Waals surface area contributed by atoms with Crippen molar-refractivity contribution in [1.82, 2.24) is 4.72 Å². The summed E-state index contributed by atoms with van der Waals surface area (Å²) in [7, 11) is -2.01. The van der Waals surface area contributed by atoms with Crippen LogP contribution in [0.15, 0.2) is 39.8 Å². The lowest BCUT2D eigenvalue weighted by Gasteiger charge is -2.33. The molecule has 1 fully saturated rings. The average Bonchev–Trinajstić information content (AvgIpc) is 3.18. The zero-order valence-electron chi connectivity index (χ0n) is 18.4. The third-order valence-electron chi connectivity index (χ3n) is 5.22. The van der Waals surface area contributed by atoms with E-state index in [1.165, 1.54) is 24.6 Å². The van der Waals surface area contributed by atoms with E-state index in [4.69, 9.17) is 4.42 Å². The Morgan fingerprint density at radius 1 is 1.13 bits per heavy atom. The topological polar surface area (TPSA) is 91.7 Å². The minimum absolute atomic E-state index is 0.182. The molecule has 1 aromatic heterocycles. The summed E-state index contributed by atoms with van der Waals surface area (Å²) in [4.78, 5) is 14.4.